The summed E-state index contributed by atoms with van der Waals surface area (Å²) in [6.45, 7) is 3.55. The van der Waals surface area contributed by atoms with Crippen LogP contribution in [0.3, 0.4) is 0 Å². The molecule has 0 bridgehead atoms. The molecule has 0 radical (unpaired) electrons. The van der Waals surface area contributed by atoms with E-state index in [1.807, 2.05) is 11.0 Å². The molecular weight excluding hydrogens is 340 g/mol. The van der Waals surface area contributed by atoms with Gasteiger partial charge in [0.2, 0.25) is 15.9 Å². The summed E-state index contributed by atoms with van der Waals surface area (Å²) in [5.41, 5.74) is 2.10. The van der Waals surface area contributed by atoms with E-state index in [4.69, 9.17) is 4.74 Å². The summed E-state index contributed by atoms with van der Waals surface area (Å²) < 4.78 is 32.4. The van der Waals surface area contributed by atoms with Crippen LogP contribution in [0.1, 0.15) is 30.4 Å². The number of carbonyl (C=O) groups excluding carboxylic acids is 1. The zero-order valence-corrected chi connectivity index (χ0v) is 15.1. The first kappa shape index (κ1) is 17.0. The molecule has 7 heteroatoms. The molecule has 1 atom stereocenters. The first-order chi connectivity index (χ1) is 12.1. The maximum atomic E-state index is 12.8. The predicted octanol–water partition coefficient (Wildman–Crippen LogP) is 1.39. The summed E-state index contributed by atoms with van der Waals surface area (Å²) in [6.07, 6.45) is 3.41. The number of benzene rings is 1. The molecule has 3 heterocycles. The van der Waals surface area contributed by atoms with Gasteiger partial charge in [0.25, 0.3) is 0 Å². The standard InChI is InChI=1S/C18H24N2O4S/c21-18(15-6-10-24-13-15)19-9-5-14-3-4-17(11-16(14)12-19)25(22,23)20-7-1-2-8-20/h3-4,11,15H,1-2,5-10,12-13H2/t15-/m1/s1. The number of hydrogen-bond donors (Lipinski definition) is 0. The molecule has 0 spiro atoms. The van der Waals surface area contributed by atoms with Crippen molar-refractivity contribution in [3.8, 4) is 0 Å². The van der Waals surface area contributed by atoms with E-state index in [0.29, 0.717) is 44.3 Å². The van der Waals surface area contributed by atoms with Crippen molar-refractivity contribution in [2.45, 2.75) is 37.1 Å². The number of hydrogen-bond acceptors (Lipinski definition) is 4. The van der Waals surface area contributed by atoms with Gasteiger partial charge in [-0.05, 0) is 48.9 Å². The number of fused-ring (bicyclic) bond motifs is 1. The van der Waals surface area contributed by atoms with Crippen molar-refractivity contribution in [3.05, 3.63) is 29.3 Å². The zero-order chi connectivity index (χ0) is 17.4. The van der Waals surface area contributed by atoms with Crippen molar-refractivity contribution in [3.63, 3.8) is 0 Å². The van der Waals surface area contributed by atoms with Crippen LogP contribution in [-0.2, 0) is 32.5 Å². The van der Waals surface area contributed by atoms with Crippen LogP contribution >= 0.6 is 0 Å². The Morgan fingerprint density at radius 1 is 1.12 bits per heavy atom. The Morgan fingerprint density at radius 3 is 2.64 bits per heavy atom. The van der Waals surface area contributed by atoms with E-state index in [2.05, 4.69) is 0 Å². The molecule has 6 nitrogen and oxygen atoms in total. The molecule has 1 aromatic rings. The van der Waals surface area contributed by atoms with Crippen LogP contribution in [0.15, 0.2) is 23.1 Å². The van der Waals surface area contributed by atoms with Gasteiger partial charge in [-0.2, -0.15) is 4.31 Å². The maximum Gasteiger partial charge on any atom is 0.243 e. The molecule has 0 N–H and O–H groups in total. The molecule has 1 aromatic carbocycles. The number of sulfonamides is 1. The molecule has 0 saturated carbocycles. The van der Waals surface area contributed by atoms with E-state index < -0.39 is 10.0 Å². The summed E-state index contributed by atoms with van der Waals surface area (Å²) in [7, 11) is -3.42. The summed E-state index contributed by atoms with van der Waals surface area (Å²) in [4.78, 5) is 14.8. The number of amides is 1. The molecular formula is C18H24N2O4S. The van der Waals surface area contributed by atoms with Crippen LogP contribution in [0.2, 0.25) is 0 Å². The Kier molecular flexibility index (Phi) is 4.56. The molecule has 136 valence electrons. The summed E-state index contributed by atoms with van der Waals surface area (Å²) >= 11 is 0. The van der Waals surface area contributed by atoms with Crippen LogP contribution in [0.4, 0.5) is 0 Å². The summed E-state index contributed by atoms with van der Waals surface area (Å²) in [5, 5.41) is 0. The lowest BCUT2D eigenvalue weighted by Crippen LogP contribution is -2.40. The highest BCUT2D eigenvalue weighted by Crippen LogP contribution is 2.27. The molecule has 0 aromatic heterocycles. The van der Waals surface area contributed by atoms with Crippen LogP contribution < -0.4 is 0 Å². The van der Waals surface area contributed by atoms with Crippen LogP contribution in [0.25, 0.3) is 0 Å². The van der Waals surface area contributed by atoms with Crippen molar-refractivity contribution < 1.29 is 17.9 Å². The van der Waals surface area contributed by atoms with E-state index in [1.165, 1.54) is 0 Å². The lowest BCUT2D eigenvalue weighted by Gasteiger charge is -2.31. The second kappa shape index (κ2) is 6.70. The third-order valence-corrected chi connectivity index (χ3v) is 7.38. The largest absolute Gasteiger partial charge is 0.381 e. The Labute approximate surface area is 148 Å². The van der Waals surface area contributed by atoms with E-state index >= 15 is 0 Å². The van der Waals surface area contributed by atoms with Crippen molar-refractivity contribution in [1.29, 1.82) is 0 Å². The number of nitrogens with zero attached hydrogens (tertiary/aromatic N) is 2. The summed E-state index contributed by atoms with van der Waals surface area (Å²) in [5.74, 6) is 0.0917. The van der Waals surface area contributed by atoms with Crippen LogP contribution in [0.5, 0.6) is 0 Å². The monoisotopic (exact) mass is 364 g/mol. The third-order valence-electron chi connectivity index (χ3n) is 5.48. The summed E-state index contributed by atoms with van der Waals surface area (Å²) in [6, 6.07) is 5.40. The van der Waals surface area contributed by atoms with Crippen molar-refractivity contribution in [2.75, 3.05) is 32.8 Å². The van der Waals surface area contributed by atoms with Gasteiger partial charge in [-0.1, -0.05) is 6.07 Å². The minimum absolute atomic E-state index is 0.0435. The van der Waals surface area contributed by atoms with Gasteiger partial charge in [0, 0.05) is 32.8 Å². The Bertz CT molecular complexity index is 765. The predicted molar refractivity (Wildman–Crippen MR) is 92.5 cm³/mol. The average Bonchev–Trinajstić information content (AvgIpc) is 3.33. The van der Waals surface area contributed by atoms with Crippen molar-refractivity contribution >= 4 is 15.9 Å². The third kappa shape index (κ3) is 3.20. The van der Waals surface area contributed by atoms with Gasteiger partial charge in [-0.15, -0.1) is 0 Å². The molecule has 3 aliphatic rings. The molecule has 25 heavy (non-hydrogen) atoms. The zero-order valence-electron chi connectivity index (χ0n) is 14.3. The minimum atomic E-state index is -3.42. The molecule has 0 unspecified atom stereocenters. The van der Waals surface area contributed by atoms with Gasteiger partial charge >= 0.3 is 0 Å². The van der Waals surface area contributed by atoms with Gasteiger partial charge in [-0.3, -0.25) is 4.79 Å². The highest BCUT2D eigenvalue weighted by Gasteiger charge is 2.32. The van der Waals surface area contributed by atoms with Gasteiger partial charge in [0.1, 0.15) is 0 Å². The highest BCUT2D eigenvalue weighted by molar-refractivity contribution is 7.89. The SMILES string of the molecule is O=C([C@@H]1CCOC1)N1CCc2ccc(S(=O)(=O)N3CCCC3)cc2C1. The van der Waals surface area contributed by atoms with Crippen LogP contribution in [0, 0.1) is 5.92 Å². The van der Waals surface area contributed by atoms with Gasteiger partial charge in [0.15, 0.2) is 0 Å². The molecule has 4 rings (SSSR count). The fourth-order valence-electron chi connectivity index (χ4n) is 3.95. The first-order valence-corrected chi connectivity index (χ1v) is 10.5. The van der Waals surface area contributed by atoms with Crippen LogP contribution in [-0.4, -0.2) is 56.4 Å². The minimum Gasteiger partial charge on any atom is -0.381 e. The Morgan fingerprint density at radius 2 is 1.92 bits per heavy atom. The Balaban J connectivity index is 1.56. The first-order valence-electron chi connectivity index (χ1n) is 9.04. The van der Waals surface area contributed by atoms with E-state index in [1.54, 1.807) is 16.4 Å². The van der Waals surface area contributed by atoms with E-state index in [0.717, 1.165) is 36.8 Å². The lowest BCUT2D eigenvalue weighted by molar-refractivity contribution is -0.136. The molecule has 1 amide bonds. The fraction of sp³-hybridized carbons (Fsp3) is 0.611. The number of carbonyl (C=O) groups is 1. The maximum absolute atomic E-state index is 12.8. The molecule has 2 fully saturated rings. The van der Waals surface area contributed by atoms with Gasteiger partial charge in [-0.25, -0.2) is 8.42 Å². The second-order valence-corrected chi connectivity index (χ2v) is 9.05. The molecule has 3 aliphatic heterocycles. The highest BCUT2D eigenvalue weighted by atomic mass is 32.2. The molecule has 0 aliphatic carbocycles. The lowest BCUT2D eigenvalue weighted by atomic mass is 9.98. The smallest absolute Gasteiger partial charge is 0.243 e. The Hall–Kier alpha value is -1.44. The molecule has 2 saturated heterocycles. The average molecular weight is 364 g/mol. The quantitative estimate of drug-likeness (QED) is 0.813. The topological polar surface area (TPSA) is 66.9 Å². The van der Waals surface area contributed by atoms with Gasteiger partial charge in [0.05, 0.1) is 17.4 Å². The van der Waals surface area contributed by atoms with Gasteiger partial charge < -0.3 is 9.64 Å². The van der Waals surface area contributed by atoms with Crippen molar-refractivity contribution in [2.24, 2.45) is 5.92 Å². The van der Waals surface area contributed by atoms with E-state index in [-0.39, 0.29) is 11.8 Å². The second-order valence-electron chi connectivity index (χ2n) is 7.11. The van der Waals surface area contributed by atoms with Crippen molar-refractivity contribution in [1.82, 2.24) is 9.21 Å². The normalized spacial score (nSPS) is 24.5. The number of rotatable bonds is 3. The van der Waals surface area contributed by atoms with E-state index in [9.17, 15) is 13.2 Å². The fourth-order valence-corrected chi connectivity index (χ4v) is 5.52. The number of ether oxygens (including phenoxy) is 1.